The molecule has 4 heteroatoms. The maximum atomic E-state index is 4.51. The topological polar surface area (TPSA) is 17.3 Å². The van der Waals surface area contributed by atoms with Crippen LogP contribution in [0, 0.1) is 6.92 Å². The number of imidazole rings is 1. The van der Waals surface area contributed by atoms with E-state index >= 15 is 0 Å². The van der Waals surface area contributed by atoms with Gasteiger partial charge in [-0.05, 0) is 0 Å². The van der Waals surface area contributed by atoms with E-state index in [-0.39, 0.29) is 14.5 Å². The van der Waals surface area contributed by atoms with Gasteiger partial charge in [-0.1, -0.05) is 0 Å². The Kier molecular flexibility index (Phi) is 3.67. The van der Waals surface area contributed by atoms with E-state index < -0.39 is 0 Å². The minimum absolute atomic E-state index is 0.262. The van der Waals surface area contributed by atoms with Gasteiger partial charge >= 0.3 is 140 Å². The first-order valence-electron chi connectivity index (χ1n) is 7.07. The first-order valence-corrected chi connectivity index (χ1v) is 9.60. The third-order valence-electron chi connectivity index (χ3n) is 3.48. The molecular weight excluding hydrogens is 355 g/mol. The zero-order valence-corrected chi connectivity index (χ0v) is 14.6. The van der Waals surface area contributed by atoms with E-state index in [2.05, 4.69) is 77.1 Å². The van der Waals surface area contributed by atoms with Crippen LogP contribution in [0.2, 0.25) is 0 Å². The van der Waals surface area contributed by atoms with Gasteiger partial charge in [0.15, 0.2) is 0 Å². The molecule has 108 valence electrons. The molecule has 0 amide bonds. The molecule has 4 aromatic rings. The molecule has 0 unspecified atom stereocenters. The van der Waals surface area contributed by atoms with Gasteiger partial charge in [-0.3, -0.25) is 0 Å². The van der Waals surface area contributed by atoms with Crippen LogP contribution in [-0.2, 0) is 0 Å². The minimum atomic E-state index is 0.262. The predicted molar refractivity (Wildman–Crippen MR) is 92.9 cm³/mol. The summed E-state index contributed by atoms with van der Waals surface area (Å²) < 4.78 is 4.84. The van der Waals surface area contributed by atoms with E-state index in [1.165, 1.54) is 30.0 Å². The van der Waals surface area contributed by atoms with Crippen molar-refractivity contribution >= 4 is 30.8 Å². The van der Waals surface area contributed by atoms with Gasteiger partial charge in [0.25, 0.3) is 0 Å². The molecule has 0 saturated carbocycles. The third-order valence-corrected chi connectivity index (χ3v) is 7.22. The van der Waals surface area contributed by atoms with Crippen molar-refractivity contribution in [3.05, 3.63) is 72.6 Å². The number of fused-ring (bicyclic) bond motifs is 1. The van der Waals surface area contributed by atoms with E-state index in [4.69, 9.17) is 0 Å². The number of nitrogens with zero attached hydrogens (tertiary/aromatic N) is 2. The van der Waals surface area contributed by atoms with Crippen molar-refractivity contribution in [1.29, 1.82) is 0 Å². The van der Waals surface area contributed by atoms with Crippen LogP contribution in [0.5, 0.6) is 0 Å². The summed E-state index contributed by atoms with van der Waals surface area (Å²) in [4.78, 5) is 5.78. The van der Waals surface area contributed by atoms with Crippen LogP contribution in [0.1, 0.15) is 5.56 Å². The average Bonchev–Trinajstić information content (AvgIpc) is 3.13. The molecule has 4 rings (SSSR count). The van der Waals surface area contributed by atoms with E-state index in [1.807, 2.05) is 18.0 Å². The summed E-state index contributed by atoms with van der Waals surface area (Å²) in [5.74, 6) is 0. The second kappa shape index (κ2) is 5.80. The van der Waals surface area contributed by atoms with E-state index in [0.717, 1.165) is 0 Å². The average molecular weight is 369 g/mol. The SMILES string of the molecule is Cc1ccc(Sc2c(-c3ccccc3)[se]c3nccn23)cc1. The molecular formula is C18H14N2SSe. The van der Waals surface area contributed by atoms with Gasteiger partial charge in [0, 0.05) is 0 Å². The zero-order valence-electron chi connectivity index (χ0n) is 12.1. The van der Waals surface area contributed by atoms with Gasteiger partial charge in [-0.25, -0.2) is 0 Å². The summed E-state index contributed by atoms with van der Waals surface area (Å²) in [6.45, 7) is 2.12. The van der Waals surface area contributed by atoms with Crippen LogP contribution >= 0.6 is 11.8 Å². The third kappa shape index (κ3) is 2.54. The van der Waals surface area contributed by atoms with Gasteiger partial charge in [0.05, 0.1) is 0 Å². The zero-order chi connectivity index (χ0) is 14.9. The van der Waals surface area contributed by atoms with Gasteiger partial charge in [-0.2, -0.15) is 0 Å². The van der Waals surface area contributed by atoms with Crippen LogP contribution in [0.25, 0.3) is 14.5 Å². The summed E-state index contributed by atoms with van der Waals surface area (Å²) in [5.41, 5.74) is 2.60. The first-order chi connectivity index (χ1) is 10.8. The number of benzene rings is 2. The molecule has 2 aromatic heterocycles. The van der Waals surface area contributed by atoms with Gasteiger partial charge < -0.3 is 0 Å². The van der Waals surface area contributed by atoms with Crippen molar-refractivity contribution in [3.8, 4) is 10.0 Å². The van der Waals surface area contributed by atoms with Gasteiger partial charge in [-0.15, -0.1) is 0 Å². The standard InChI is InChI=1S/C18H14N2SSe/c1-13-7-9-15(10-8-13)21-17-16(14-5-3-2-4-6-14)22-18-19-11-12-20(17)18/h2-12H,1H3. The second-order valence-electron chi connectivity index (χ2n) is 5.10. The molecule has 0 N–H and O–H groups in total. The summed E-state index contributed by atoms with van der Waals surface area (Å²) in [5, 5.41) is 1.29. The number of aryl methyl sites for hydroxylation is 1. The van der Waals surface area contributed by atoms with E-state index in [1.54, 1.807) is 0 Å². The fraction of sp³-hybridized carbons (Fsp3) is 0.0556. The molecule has 2 nitrogen and oxygen atoms in total. The van der Waals surface area contributed by atoms with E-state index in [0.29, 0.717) is 0 Å². The molecule has 0 atom stereocenters. The molecule has 0 fully saturated rings. The summed E-state index contributed by atoms with van der Waals surface area (Å²) in [6.07, 6.45) is 3.97. The molecule has 2 heterocycles. The Bertz CT molecular complexity index is 907. The predicted octanol–water partition coefficient (Wildman–Crippen LogP) is 4.52. The molecule has 22 heavy (non-hydrogen) atoms. The number of hydrogen-bond acceptors (Lipinski definition) is 2. The van der Waals surface area contributed by atoms with Crippen LogP contribution in [0.3, 0.4) is 0 Å². The van der Waals surface area contributed by atoms with Crippen molar-refractivity contribution in [3.63, 3.8) is 0 Å². The number of rotatable bonds is 3. The molecule has 2 aromatic carbocycles. The Morgan fingerprint density at radius 2 is 1.77 bits per heavy atom. The van der Waals surface area contributed by atoms with Crippen molar-refractivity contribution < 1.29 is 0 Å². The molecule has 0 spiro atoms. The summed E-state index contributed by atoms with van der Waals surface area (Å²) in [6, 6.07) is 19.4. The fourth-order valence-electron chi connectivity index (χ4n) is 2.35. The number of hydrogen-bond donors (Lipinski definition) is 0. The van der Waals surface area contributed by atoms with Gasteiger partial charge in [0.2, 0.25) is 0 Å². The van der Waals surface area contributed by atoms with Crippen molar-refractivity contribution in [2.24, 2.45) is 0 Å². The Balaban J connectivity index is 1.84. The maximum absolute atomic E-state index is 4.51. The second-order valence-corrected chi connectivity index (χ2v) is 8.21. The first kappa shape index (κ1) is 13.9. The van der Waals surface area contributed by atoms with Crippen LogP contribution in [0.4, 0.5) is 0 Å². The monoisotopic (exact) mass is 370 g/mol. The van der Waals surface area contributed by atoms with Crippen molar-refractivity contribution in [2.75, 3.05) is 0 Å². The Morgan fingerprint density at radius 3 is 2.55 bits per heavy atom. The Morgan fingerprint density at radius 1 is 1.00 bits per heavy atom. The quantitative estimate of drug-likeness (QED) is 0.494. The molecule has 0 saturated heterocycles. The summed E-state index contributed by atoms with van der Waals surface area (Å²) >= 11 is 2.09. The Labute approximate surface area is 139 Å². The fourth-order valence-corrected chi connectivity index (χ4v) is 5.98. The van der Waals surface area contributed by atoms with Crippen LogP contribution in [0.15, 0.2) is 76.9 Å². The molecule has 0 bridgehead atoms. The normalized spacial score (nSPS) is 11.1. The van der Waals surface area contributed by atoms with Gasteiger partial charge in [0.1, 0.15) is 0 Å². The number of aromatic nitrogens is 2. The van der Waals surface area contributed by atoms with Crippen LogP contribution < -0.4 is 0 Å². The van der Waals surface area contributed by atoms with Crippen molar-refractivity contribution in [1.82, 2.24) is 9.38 Å². The molecule has 0 aliphatic rings. The Hall–Kier alpha value is -1.74. The molecule has 0 aliphatic carbocycles. The van der Waals surface area contributed by atoms with Crippen molar-refractivity contribution in [2.45, 2.75) is 16.8 Å². The molecule has 0 radical (unpaired) electrons. The van der Waals surface area contributed by atoms with Crippen LogP contribution in [-0.4, -0.2) is 23.9 Å². The molecule has 0 aliphatic heterocycles. The summed E-state index contributed by atoms with van der Waals surface area (Å²) in [7, 11) is 0. The van der Waals surface area contributed by atoms with E-state index in [9.17, 15) is 0 Å².